The molecular weight excluding hydrogens is 508 g/mol. The fourth-order valence-electron chi connectivity index (χ4n) is 3.88. The van der Waals surface area contributed by atoms with Crippen molar-refractivity contribution < 1.29 is 13.2 Å². The van der Waals surface area contributed by atoms with Crippen LogP contribution in [0, 0.1) is 0 Å². The molecule has 2 N–H and O–H groups in total. The minimum absolute atomic E-state index is 0.0923. The van der Waals surface area contributed by atoms with Gasteiger partial charge in [-0.1, -0.05) is 49.0 Å². The Labute approximate surface area is 224 Å². The number of nitrogens with zero attached hydrogens (tertiary/aromatic N) is 4. The molecule has 0 spiro atoms. The average Bonchev–Trinajstić information content (AvgIpc) is 3.21. The fourth-order valence-corrected chi connectivity index (χ4v) is 5.98. The van der Waals surface area contributed by atoms with Crippen molar-refractivity contribution in [3.63, 3.8) is 0 Å². The van der Waals surface area contributed by atoms with Crippen LogP contribution in [0.3, 0.4) is 0 Å². The first-order valence-electron chi connectivity index (χ1n) is 12.2. The van der Waals surface area contributed by atoms with Gasteiger partial charge in [0.15, 0.2) is 11.0 Å². The third-order valence-corrected chi connectivity index (χ3v) is 8.47. The van der Waals surface area contributed by atoms with E-state index in [2.05, 4.69) is 48.8 Å². The molecule has 0 saturated heterocycles. The van der Waals surface area contributed by atoms with E-state index in [0.717, 1.165) is 17.8 Å². The molecule has 1 amide bonds. The predicted octanol–water partition coefficient (Wildman–Crippen LogP) is 4.15. The summed E-state index contributed by atoms with van der Waals surface area (Å²) in [5.74, 6) is 0.648. The summed E-state index contributed by atoms with van der Waals surface area (Å²) in [4.78, 5) is 15.3. The molecule has 200 valence electrons. The van der Waals surface area contributed by atoms with Gasteiger partial charge in [0.25, 0.3) is 0 Å². The highest BCUT2D eigenvalue weighted by Crippen LogP contribution is 2.29. The van der Waals surface area contributed by atoms with E-state index in [1.807, 2.05) is 39.2 Å². The molecule has 0 aliphatic heterocycles. The second kappa shape index (κ2) is 12.7. The zero-order valence-electron chi connectivity index (χ0n) is 22.2. The molecular formula is C26H36N6O3S2. The van der Waals surface area contributed by atoms with Gasteiger partial charge in [0, 0.05) is 11.7 Å². The lowest BCUT2D eigenvalue weighted by atomic mass is 10.2. The molecule has 0 fully saturated rings. The Balaban J connectivity index is 1.76. The Morgan fingerprint density at radius 3 is 2.24 bits per heavy atom. The third-order valence-electron chi connectivity index (χ3n) is 5.71. The minimum atomic E-state index is -3.59. The van der Waals surface area contributed by atoms with Crippen molar-refractivity contribution in [1.29, 1.82) is 0 Å². The number of rotatable bonds is 12. The summed E-state index contributed by atoms with van der Waals surface area (Å²) < 4.78 is 29.3. The Bertz CT molecular complexity index is 1280. The molecule has 11 heteroatoms. The Morgan fingerprint density at radius 1 is 1.03 bits per heavy atom. The molecule has 0 saturated carbocycles. The van der Waals surface area contributed by atoms with Crippen LogP contribution in [0.2, 0.25) is 0 Å². The van der Waals surface area contributed by atoms with Crippen LogP contribution in [0.15, 0.2) is 64.6 Å². The molecule has 2 atom stereocenters. The van der Waals surface area contributed by atoms with Crippen LogP contribution in [-0.2, 0) is 21.4 Å². The van der Waals surface area contributed by atoms with Crippen molar-refractivity contribution in [3.05, 3.63) is 66.0 Å². The number of anilines is 1. The Hall–Kier alpha value is -2.73. The summed E-state index contributed by atoms with van der Waals surface area (Å²) in [6.45, 7) is 8.06. The lowest BCUT2D eigenvalue weighted by molar-refractivity contribution is -0.115. The topological polar surface area (TPSA) is 109 Å². The lowest BCUT2D eigenvalue weighted by Gasteiger charge is -2.23. The van der Waals surface area contributed by atoms with Crippen LogP contribution >= 0.6 is 11.8 Å². The van der Waals surface area contributed by atoms with E-state index < -0.39 is 15.3 Å². The summed E-state index contributed by atoms with van der Waals surface area (Å²) in [6.07, 6.45) is 0.874. The van der Waals surface area contributed by atoms with Gasteiger partial charge in [0.1, 0.15) is 0 Å². The van der Waals surface area contributed by atoms with Gasteiger partial charge in [-0.3, -0.25) is 9.69 Å². The highest BCUT2D eigenvalue weighted by molar-refractivity contribution is 8.00. The monoisotopic (exact) mass is 544 g/mol. The molecule has 1 aromatic heterocycles. The molecule has 37 heavy (non-hydrogen) atoms. The molecule has 0 aliphatic rings. The summed E-state index contributed by atoms with van der Waals surface area (Å²) in [5, 5.41) is 12.0. The van der Waals surface area contributed by atoms with Crippen molar-refractivity contribution in [1.82, 2.24) is 24.4 Å². The maximum atomic E-state index is 13.0. The summed E-state index contributed by atoms with van der Waals surface area (Å²) >= 11 is 1.34. The lowest BCUT2D eigenvalue weighted by Crippen LogP contribution is -2.30. The smallest absolute Gasteiger partial charge is 0.240 e. The van der Waals surface area contributed by atoms with E-state index >= 15 is 0 Å². The van der Waals surface area contributed by atoms with Gasteiger partial charge in [-0.2, -0.15) is 0 Å². The second-order valence-corrected chi connectivity index (χ2v) is 12.4. The maximum Gasteiger partial charge on any atom is 0.240 e. The van der Waals surface area contributed by atoms with E-state index in [0.29, 0.717) is 17.4 Å². The number of amides is 1. The highest BCUT2D eigenvalue weighted by atomic mass is 32.2. The maximum absolute atomic E-state index is 13.0. The average molecular weight is 545 g/mol. The number of hydrogen-bond acceptors (Lipinski definition) is 7. The van der Waals surface area contributed by atoms with Crippen molar-refractivity contribution >= 4 is 33.4 Å². The van der Waals surface area contributed by atoms with Gasteiger partial charge in [-0.15, -0.1) is 10.2 Å². The SMILES string of the molecule is CC[C@H](c1nnc(S[C@H](C)C(=O)Nc2ccc(S(=O)(=O)NC(C)C)cc2)n1Cc1ccccc1)N(C)C. The number of aromatic nitrogens is 3. The molecule has 1 heterocycles. The van der Waals surface area contributed by atoms with Crippen LogP contribution in [0.4, 0.5) is 5.69 Å². The first-order chi connectivity index (χ1) is 17.5. The zero-order valence-corrected chi connectivity index (χ0v) is 23.8. The van der Waals surface area contributed by atoms with Crippen LogP contribution in [0.5, 0.6) is 0 Å². The quantitative estimate of drug-likeness (QED) is 0.330. The molecule has 0 radical (unpaired) electrons. The van der Waals surface area contributed by atoms with Gasteiger partial charge in [0.05, 0.1) is 22.7 Å². The Kier molecular flexibility index (Phi) is 9.88. The van der Waals surface area contributed by atoms with Crippen LogP contribution in [0.25, 0.3) is 0 Å². The highest BCUT2D eigenvalue weighted by Gasteiger charge is 2.25. The van der Waals surface area contributed by atoms with Crippen LogP contribution < -0.4 is 10.0 Å². The van der Waals surface area contributed by atoms with E-state index in [-0.39, 0.29) is 22.9 Å². The molecule has 0 aliphatic carbocycles. The number of thioether (sulfide) groups is 1. The predicted molar refractivity (Wildman–Crippen MR) is 148 cm³/mol. The normalized spacial score (nSPS) is 13.6. The van der Waals surface area contributed by atoms with Crippen LogP contribution in [-0.4, -0.2) is 59.4 Å². The van der Waals surface area contributed by atoms with Crippen molar-refractivity contribution in [2.75, 3.05) is 19.4 Å². The fraction of sp³-hybridized carbons (Fsp3) is 0.423. The number of benzene rings is 2. The van der Waals surface area contributed by atoms with E-state index in [1.54, 1.807) is 26.0 Å². The largest absolute Gasteiger partial charge is 0.325 e. The molecule has 9 nitrogen and oxygen atoms in total. The number of sulfonamides is 1. The first-order valence-corrected chi connectivity index (χ1v) is 14.6. The van der Waals surface area contributed by atoms with Crippen molar-refractivity contribution in [3.8, 4) is 0 Å². The number of hydrogen-bond donors (Lipinski definition) is 2. The third kappa shape index (κ3) is 7.64. The molecule has 2 aromatic carbocycles. The van der Waals surface area contributed by atoms with Gasteiger partial charge >= 0.3 is 0 Å². The van der Waals surface area contributed by atoms with Crippen molar-refractivity contribution in [2.45, 2.75) is 68.0 Å². The summed E-state index contributed by atoms with van der Waals surface area (Å²) in [6, 6.07) is 16.1. The van der Waals surface area contributed by atoms with E-state index in [9.17, 15) is 13.2 Å². The first kappa shape index (κ1) is 28.8. The van der Waals surface area contributed by atoms with Gasteiger partial charge in [0.2, 0.25) is 15.9 Å². The number of carbonyl (C=O) groups is 1. The summed E-state index contributed by atoms with van der Waals surface area (Å²) in [5.41, 5.74) is 1.64. The van der Waals surface area contributed by atoms with Gasteiger partial charge in [-0.25, -0.2) is 13.1 Å². The van der Waals surface area contributed by atoms with Crippen molar-refractivity contribution in [2.24, 2.45) is 0 Å². The van der Waals surface area contributed by atoms with Gasteiger partial charge < -0.3 is 9.88 Å². The minimum Gasteiger partial charge on any atom is -0.325 e. The molecule has 0 bridgehead atoms. The molecule has 0 unspecified atom stereocenters. The van der Waals surface area contributed by atoms with E-state index in [4.69, 9.17) is 0 Å². The summed E-state index contributed by atoms with van der Waals surface area (Å²) in [7, 11) is 0.450. The van der Waals surface area contributed by atoms with E-state index in [1.165, 1.54) is 23.9 Å². The van der Waals surface area contributed by atoms with Gasteiger partial charge in [-0.05, 0) is 71.1 Å². The standard InChI is InChI=1S/C26H36N6O3S2/c1-7-23(31(5)6)24-28-29-26(32(24)17-20-11-9-8-10-12-20)36-19(4)25(33)27-21-13-15-22(16-14-21)37(34,35)30-18(2)3/h8-16,18-19,23,30H,7,17H2,1-6H3,(H,27,33)/t19-,23-/m1/s1. The van der Waals surface area contributed by atoms with Crippen LogP contribution in [0.1, 0.15) is 51.5 Å². The zero-order chi connectivity index (χ0) is 27.2. The molecule has 3 rings (SSSR count). The molecule has 3 aromatic rings. The number of nitrogens with one attached hydrogen (secondary N) is 2. The second-order valence-electron chi connectivity index (χ2n) is 9.35. The number of carbonyl (C=O) groups excluding carboxylic acids is 1. The Morgan fingerprint density at radius 2 is 1.68 bits per heavy atom.